The highest BCUT2D eigenvalue weighted by Crippen LogP contribution is 2.29. The summed E-state index contributed by atoms with van der Waals surface area (Å²) in [5, 5.41) is 2.94. The van der Waals surface area contributed by atoms with Crippen molar-refractivity contribution in [2.45, 2.75) is 46.1 Å². The average Bonchev–Trinajstić information content (AvgIpc) is 3.15. The van der Waals surface area contributed by atoms with Crippen molar-refractivity contribution in [2.75, 3.05) is 24.3 Å². The van der Waals surface area contributed by atoms with Crippen molar-refractivity contribution >= 4 is 40.6 Å². The molecular formula is C22H31N5O4S. The van der Waals surface area contributed by atoms with E-state index in [-0.39, 0.29) is 22.2 Å². The number of amides is 3. The smallest absolute Gasteiger partial charge is 0.272 e. The number of ether oxygens (including phenoxy) is 1. The maximum Gasteiger partial charge on any atom is 0.272 e. The first kappa shape index (κ1) is 25.1. The van der Waals surface area contributed by atoms with E-state index >= 15 is 0 Å². The lowest BCUT2D eigenvalue weighted by Gasteiger charge is -2.31. The third-order valence-corrected chi connectivity index (χ3v) is 5.77. The van der Waals surface area contributed by atoms with Crippen molar-refractivity contribution in [1.82, 2.24) is 9.69 Å². The number of anilines is 2. The van der Waals surface area contributed by atoms with Crippen molar-refractivity contribution in [1.29, 1.82) is 0 Å². The number of hydrogen-bond acceptors (Lipinski definition) is 7. The van der Waals surface area contributed by atoms with Gasteiger partial charge >= 0.3 is 0 Å². The van der Waals surface area contributed by atoms with E-state index < -0.39 is 17.9 Å². The number of carbonyl (C=O) groups is 3. The van der Waals surface area contributed by atoms with Crippen molar-refractivity contribution in [3.05, 3.63) is 34.8 Å². The maximum atomic E-state index is 13.6. The van der Waals surface area contributed by atoms with Crippen molar-refractivity contribution in [3.63, 3.8) is 0 Å². The van der Waals surface area contributed by atoms with Gasteiger partial charge in [-0.25, -0.2) is 0 Å². The van der Waals surface area contributed by atoms with Gasteiger partial charge in [-0.2, -0.15) is 4.37 Å². The van der Waals surface area contributed by atoms with Gasteiger partial charge in [-0.05, 0) is 54.6 Å². The number of carbonyl (C=O) groups excluding carboxylic acids is 3. The van der Waals surface area contributed by atoms with Crippen molar-refractivity contribution in [3.8, 4) is 5.75 Å². The molecule has 0 saturated carbocycles. The number of nitrogens with one attached hydrogen (secondary N) is 1. The Bertz CT molecular complexity index is 942. The molecule has 174 valence electrons. The molecule has 0 saturated heterocycles. The van der Waals surface area contributed by atoms with Crippen LogP contribution < -0.4 is 26.4 Å². The normalized spacial score (nSPS) is 11.8. The van der Waals surface area contributed by atoms with Crippen LogP contribution in [0.25, 0.3) is 0 Å². The Morgan fingerprint density at radius 2 is 1.84 bits per heavy atom. The quantitative estimate of drug-likeness (QED) is 0.470. The summed E-state index contributed by atoms with van der Waals surface area (Å²) in [4.78, 5) is 39.8. The lowest BCUT2D eigenvalue weighted by atomic mass is 10.1. The summed E-state index contributed by atoms with van der Waals surface area (Å²) in [6, 6.07) is 6.05. The first-order chi connectivity index (χ1) is 15.2. The summed E-state index contributed by atoms with van der Waals surface area (Å²) < 4.78 is 9.14. The van der Waals surface area contributed by atoms with Crippen LogP contribution in [-0.2, 0) is 4.79 Å². The molecule has 32 heavy (non-hydrogen) atoms. The number of benzene rings is 1. The zero-order valence-electron chi connectivity index (χ0n) is 18.9. The van der Waals surface area contributed by atoms with Gasteiger partial charge < -0.3 is 21.5 Å². The molecule has 0 radical (unpaired) electrons. The van der Waals surface area contributed by atoms with Crippen LogP contribution in [0.1, 0.15) is 60.2 Å². The molecule has 0 fully saturated rings. The Balaban J connectivity index is 2.48. The molecule has 2 rings (SSSR count). The number of nitrogens with zero attached hydrogens (tertiary/aromatic N) is 2. The van der Waals surface area contributed by atoms with Crippen LogP contribution in [0.5, 0.6) is 5.75 Å². The Morgan fingerprint density at radius 1 is 1.19 bits per heavy atom. The molecule has 0 unspecified atom stereocenters. The average molecular weight is 462 g/mol. The maximum absolute atomic E-state index is 13.6. The Hall–Kier alpha value is -3.14. The molecule has 5 N–H and O–H groups in total. The van der Waals surface area contributed by atoms with Crippen LogP contribution in [0.2, 0.25) is 0 Å². The molecule has 10 heteroatoms. The molecule has 0 bridgehead atoms. The summed E-state index contributed by atoms with van der Waals surface area (Å²) >= 11 is 0.789. The van der Waals surface area contributed by atoms with E-state index in [1.165, 1.54) is 4.90 Å². The van der Waals surface area contributed by atoms with Gasteiger partial charge in [-0.1, -0.05) is 27.2 Å². The predicted octanol–water partition coefficient (Wildman–Crippen LogP) is 2.81. The van der Waals surface area contributed by atoms with E-state index in [4.69, 9.17) is 16.2 Å². The molecule has 1 heterocycles. The lowest BCUT2D eigenvalue weighted by molar-refractivity contribution is -0.122. The highest BCUT2D eigenvalue weighted by molar-refractivity contribution is 7.09. The standard InChI is InChI=1S/C22H31N5O4S/c1-5-6-16(21(29)25-12-11-13(2)3)27(14-7-9-15(31-4)10-8-14)22(30)19-17(23)18(20(24)28)26-32-19/h7-10,13,16H,5-6,11-12,23H2,1-4H3,(H2,24,28)(H,25,29)/t16-/m1/s1. The highest BCUT2D eigenvalue weighted by atomic mass is 32.1. The van der Waals surface area contributed by atoms with Crippen LogP contribution in [0.4, 0.5) is 11.4 Å². The fourth-order valence-corrected chi connectivity index (χ4v) is 3.92. The summed E-state index contributed by atoms with van der Waals surface area (Å²) in [6.07, 6.45) is 1.93. The number of aromatic nitrogens is 1. The first-order valence-electron chi connectivity index (χ1n) is 10.5. The zero-order chi connectivity index (χ0) is 23.8. The SMILES string of the molecule is CCC[C@H](C(=O)NCCC(C)C)N(C(=O)c1snc(C(N)=O)c1N)c1ccc(OC)cc1. The molecule has 0 aliphatic rings. The molecule has 0 aliphatic heterocycles. The Morgan fingerprint density at radius 3 is 2.34 bits per heavy atom. The van der Waals surface area contributed by atoms with Crippen LogP contribution in [-0.4, -0.2) is 41.8 Å². The second-order valence-electron chi connectivity index (χ2n) is 7.79. The fourth-order valence-electron chi connectivity index (χ4n) is 3.17. The number of primary amides is 1. The molecule has 1 aromatic carbocycles. The van der Waals surface area contributed by atoms with E-state index in [1.54, 1.807) is 31.4 Å². The monoisotopic (exact) mass is 461 g/mol. The number of rotatable bonds is 11. The topological polar surface area (TPSA) is 141 Å². The van der Waals surface area contributed by atoms with E-state index in [0.717, 1.165) is 18.0 Å². The minimum atomic E-state index is -0.815. The Labute approximate surface area is 192 Å². The van der Waals surface area contributed by atoms with Gasteiger partial charge in [0.1, 0.15) is 16.7 Å². The van der Waals surface area contributed by atoms with E-state index in [9.17, 15) is 14.4 Å². The largest absolute Gasteiger partial charge is 0.497 e. The van der Waals surface area contributed by atoms with E-state index in [1.807, 2.05) is 6.92 Å². The molecule has 1 atom stereocenters. The van der Waals surface area contributed by atoms with Gasteiger partial charge in [0.25, 0.3) is 11.8 Å². The molecular weight excluding hydrogens is 430 g/mol. The summed E-state index contributed by atoms with van der Waals surface area (Å²) in [6.45, 7) is 6.60. The van der Waals surface area contributed by atoms with Crippen LogP contribution >= 0.6 is 11.5 Å². The van der Waals surface area contributed by atoms with Gasteiger partial charge in [-0.3, -0.25) is 19.3 Å². The van der Waals surface area contributed by atoms with E-state index in [0.29, 0.717) is 36.7 Å². The molecule has 0 aliphatic carbocycles. The predicted molar refractivity (Wildman–Crippen MR) is 126 cm³/mol. The minimum absolute atomic E-state index is 0.0608. The third kappa shape index (κ3) is 5.97. The van der Waals surface area contributed by atoms with Crippen LogP contribution in [0.3, 0.4) is 0 Å². The van der Waals surface area contributed by atoms with Crippen molar-refractivity contribution < 1.29 is 19.1 Å². The summed E-state index contributed by atoms with van der Waals surface area (Å²) in [5.41, 5.74) is 11.6. The molecule has 9 nitrogen and oxygen atoms in total. The molecule has 1 aromatic heterocycles. The highest BCUT2D eigenvalue weighted by Gasteiger charge is 2.34. The Kier molecular flexibility index (Phi) is 9.01. The van der Waals surface area contributed by atoms with Gasteiger partial charge in [0.2, 0.25) is 5.91 Å². The first-order valence-corrected chi connectivity index (χ1v) is 11.3. The zero-order valence-corrected chi connectivity index (χ0v) is 19.7. The van der Waals surface area contributed by atoms with E-state index in [2.05, 4.69) is 23.5 Å². The summed E-state index contributed by atoms with van der Waals surface area (Å²) in [5.74, 6) is -0.540. The third-order valence-electron chi connectivity index (χ3n) is 4.92. The fraction of sp³-hybridized carbons (Fsp3) is 0.455. The van der Waals surface area contributed by atoms with Crippen LogP contribution in [0, 0.1) is 5.92 Å². The van der Waals surface area contributed by atoms with Crippen molar-refractivity contribution in [2.24, 2.45) is 11.7 Å². The van der Waals surface area contributed by atoms with Gasteiger partial charge in [0, 0.05) is 12.2 Å². The molecule has 0 spiro atoms. The van der Waals surface area contributed by atoms with Gasteiger partial charge in [-0.15, -0.1) is 0 Å². The molecule has 3 amide bonds. The van der Waals surface area contributed by atoms with Gasteiger partial charge in [0.05, 0.1) is 12.8 Å². The number of methoxy groups -OCH3 is 1. The molecule has 2 aromatic rings. The second kappa shape index (κ2) is 11.5. The number of hydrogen-bond donors (Lipinski definition) is 3. The number of nitrogens with two attached hydrogens (primary N) is 2. The summed E-state index contributed by atoms with van der Waals surface area (Å²) in [7, 11) is 1.55. The minimum Gasteiger partial charge on any atom is -0.497 e. The van der Waals surface area contributed by atoms with Gasteiger partial charge in [0.15, 0.2) is 5.69 Å². The van der Waals surface area contributed by atoms with Crippen LogP contribution in [0.15, 0.2) is 24.3 Å². The lowest BCUT2D eigenvalue weighted by Crippen LogP contribution is -2.50. The number of nitrogen functional groups attached to an aromatic ring is 1. The second-order valence-corrected chi connectivity index (χ2v) is 8.56.